The van der Waals surface area contributed by atoms with Crippen LogP contribution in [-0.4, -0.2) is 27.3 Å². The van der Waals surface area contributed by atoms with Gasteiger partial charge in [0.15, 0.2) is 15.4 Å². The SMILES string of the molecule is [C-]#[N+]c1ccc2c(c1)N(CC)C(=C=Cc1sc(=S)n(CC(=O)O)c1O)O2. The monoisotopic (exact) mass is 387 g/mol. The first-order valence-electron chi connectivity index (χ1n) is 7.52. The van der Waals surface area contributed by atoms with Crippen LogP contribution in [0.5, 0.6) is 11.6 Å². The molecule has 26 heavy (non-hydrogen) atoms. The number of thiazole rings is 1. The highest BCUT2D eigenvalue weighted by Gasteiger charge is 2.25. The fraction of sp³-hybridized carbons (Fsp3) is 0.176. The van der Waals surface area contributed by atoms with Crippen molar-refractivity contribution in [3.8, 4) is 11.6 Å². The van der Waals surface area contributed by atoms with E-state index in [1.54, 1.807) is 18.2 Å². The molecule has 0 aliphatic carbocycles. The summed E-state index contributed by atoms with van der Waals surface area (Å²) in [5, 5.41) is 19.1. The number of carbonyl (C=O) groups is 1. The lowest BCUT2D eigenvalue weighted by atomic mass is 10.2. The molecule has 2 N–H and O–H groups in total. The van der Waals surface area contributed by atoms with Gasteiger partial charge in [0, 0.05) is 12.6 Å². The predicted molar refractivity (Wildman–Crippen MR) is 100 cm³/mol. The lowest BCUT2D eigenvalue weighted by molar-refractivity contribution is -0.137. The van der Waals surface area contributed by atoms with E-state index in [9.17, 15) is 9.90 Å². The molecule has 132 valence electrons. The molecule has 7 nitrogen and oxygen atoms in total. The third-order valence-electron chi connectivity index (χ3n) is 3.64. The molecule has 0 amide bonds. The first kappa shape index (κ1) is 17.8. The van der Waals surface area contributed by atoms with E-state index in [0.29, 0.717) is 28.7 Å². The number of carboxylic acid groups (broad SMARTS) is 1. The van der Waals surface area contributed by atoms with E-state index < -0.39 is 12.5 Å². The first-order chi connectivity index (χ1) is 12.4. The molecule has 0 saturated heterocycles. The van der Waals surface area contributed by atoms with Gasteiger partial charge in [-0.15, -0.1) is 11.3 Å². The lowest BCUT2D eigenvalue weighted by Crippen LogP contribution is -2.18. The van der Waals surface area contributed by atoms with E-state index in [0.717, 1.165) is 21.6 Å². The van der Waals surface area contributed by atoms with Crippen LogP contribution in [0.15, 0.2) is 29.8 Å². The largest absolute Gasteiger partial charge is 0.493 e. The third-order valence-corrected chi connectivity index (χ3v) is 5.03. The third kappa shape index (κ3) is 3.21. The summed E-state index contributed by atoms with van der Waals surface area (Å²) >= 11 is 6.18. The fourth-order valence-electron chi connectivity index (χ4n) is 2.47. The molecular weight excluding hydrogens is 374 g/mol. The van der Waals surface area contributed by atoms with Crippen molar-refractivity contribution in [2.45, 2.75) is 13.5 Å². The van der Waals surface area contributed by atoms with Crippen molar-refractivity contribution in [3.63, 3.8) is 0 Å². The Bertz CT molecular complexity index is 1050. The number of rotatable bonds is 4. The van der Waals surface area contributed by atoms with Gasteiger partial charge in [-0.1, -0.05) is 11.8 Å². The summed E-state index contributed by atoms with van der Waals surface area (Å²) in [5.41, 5.74) is 4.27. The Morgan fingerprint density at radius 2 is 2.31 bits per heavy atom. The van der Waals surface area contributed by atoms with Crippen LogP contribution in [0.1, 0.15) is 11.8 Å². The van der Waals surface area contributed by atoms with Crippen LogP contribution in [0.2, 0.25) is 0 Å². The van der Waals surface area contributed by atoms with Crippen LogP contribution in [0, 0.1) is 10.5 Å². The molecule has 0 spiro atoms. The van der Waals surface area contributed by atoms with Gasteiger partial charge in [0.25, 0.3) is 0 Å². The molecule has 0 atom stereocenters. The van der Waals surface area contributed by atoms with Crippen LogP contribution >= 0.6 is 23.6 Å². The number of aliphatic carboxylic acids is 1. The lowest BCUT2D eigenvalue weighted by Gasteiger charge is -2.13. The number of aromatic nitrogens is 1. The Kier molecular flexibility index (Phi) is 4.82. The van der Waals surface area contributed by atoms with Gasteiger partial charge < -0.3 is 19.8 Å². The maximum Gasteiger partial charge on any atom is 0.323 e. The molecule has 1 aliphatic rings. The van der Waals surface area contributed by atoms with E-state index in [1.807, 2.05) is 11.8 Å². The van der Waals surface area contributed by atoms with Gasteiger partial charge in [-0.05, 0) is 31.3 Å². The van der Waals surface area contributed by atoms with Crippen molar-refractivity contribution in [3.05, 3.63) is 50.1 Å². The number of aromatic hydroxyl groups is 1. The second-order valence-corrected chi connectivity index (χ2v) is 6.92. The average molecular weight is 387 g/mol. The second kappa shape index (κ2) is 7.06. The van der Waals surface area contributed by atoms with E-state index >= 15 is 0 Å². The van der Waals surface area contributed by atoms with Gasteiger partial charge in [-0.3, -0.25) is 9.36 Å². The molecule has 0 bridgehead atoms. The van der Waals surface area contributed by atoms with Crippen molar-refractivity contribution in [1.82, 2.24) is 4.57 Å². The molecule has 2 heterocycles. The highest BCUT2D eigenvalue weighted by atomic mass is 32.1. The van der Waals surface area contributed by atoms with Gasteiger partial charge >= 0.3 is 5.97 Å². The summed E-state index contributed by atoms with van der Waals surface area (Å²) in [4.78, 5) is 16.5. The van der Waals surface area contributed by atoms with Crippen molar-refractivity contribution in [1.29, 1.82) is 0 Å². The van der Waals surface area contributed by atoms with Gasteiger partial charge in [0.2, 0.25) is 11.8 Å². The van der Waals surface area contributed by atoms with E-state index in [2.05, 4.69) is 10.6 Å². The minimum absolute atomic E-state index is 0.218. The maximum atomic E-state index is 10.9. The number of carboxylic acids is 1. The summed E-state index contributed by atoms with van der Waals surface area (Å²) in [6.45, 7) is 9.26. The first-order valence-corrected chi connectivity index (χ1v) is 8.75. The molecule has 1 aromatic carbocycles. The number of fused-ring (bicyclic) bond motifs is 1. The molecular formula is C17H13N3O4S2. The Labute approximate surface area is 158 Å². The Morgan fingerprint density at radius 3 is 2.96 bits per heavy atom. The second-order valence-electron chi connectivity index (χ2n) is 5.24. The number of nitrogens with zero attached hydrogens (tertiary/aromatic N) is 3. The summed E-state index contributed by atoms with van der Waals surface area (Å²) in [6, 6.07) is 5.14. The van der Waals surface area contributed by atoms with Crippen molar-refractivity contribution in [2.75, 3.05) is 11.4 Å². The Hall–Kier alpha value is -3.05. The minimum atomic E-state index is -1.09. The number of ether oxygens (including phenoxy) is 1. The van der Waals surface area contributed by atoms with E-state index in [4.69, 9.17) is 28.6 Å². The minimum Gasteiger partial charge on any atom is -0.493 e. The zero-order valence-corrected chi connectivity index (χ0v) is 15.2. The molecule has 0 unspecified atom stereocenters. The summed E-state index contributed by atoms with van der Waals surface area (Å²) in [7, 11) is 0. The molecule has 1 aliphatic heterocycles. The average Bonchev–Trinajstić information content (AvgIpc) is 3.10. The van der Waals surface area contributed by atoms with E-state index in [-0.39, 0.29) is 9.83 Å². The predicted octanol–water partition coefficient (Wildman–Crippen LogP) is 3.99. The molecule has 1 aromatic heterocycles. The van der Waals surface area contributed by atoms with Crippen molar-refractivity contribution < 1.29 is 19.7 Å². The standard InChI is InChI=1S/C17H13N3O4S2/c1-3-19-11-8-10(18-2)4-5-12(11)24-14(19)7-6-13-16(23)20(9-15(21)22)17(25)26-13/h4-6,8,23H,3,9H2,1H3,(H,21,22). The van der Waals surface area contributed by atoms with Crippen LogP contribution < -0.4 is 9.64 Å². The highest BCUT2D eigenvalue weighted by molar-refractivity contribution is 7.73. The maximum absolute atomic E-state index is 10.9. The van der Waals surface area contributed by atoms with Crippen LogP contribution in [0.25, 0.3) is 10.9 Å². The number of benzene rings is 1. The van der Waals surface area contributed by atoms with Gasteiger partial charge in [-0.2, -0.15) is 0 Å². The molecule has 3 rings (SSSR count). The van der Waals surface area contributed by atoms with Gasteiger partial charge in [0.05, 0.1) is 17.1 Å². The zero-order valence-electron chi connectivity index (χ0n) is 13.6. The molecule has 0 saturated carbocycles. The number of hydrogen-bond donors (Lipinski definition) is 2. The Balaban J connectivity index is 1.99. The van der Waals surface area contributed by atoms with Crippen LogP contribution in [-0.2, 0) is 11.3 Å². The molecule has 0 fully saturated rings. The van der Waals surface area contributed by atoms with Gasteiger partial charge in [0.1, 0.15) is 6.54 Å². The summed E-state index contributed by atoms with van der Waals surface area (Å²) in [5.74, 6) is -0.265. The van der Waals surface area contributed by atoms with Crippen LogP contribution in [0.3, 0.4) is 0 Å². The topological polar surface area (TPSA) is 79.3 Å². The normalized spacial score (nSPS) is 12.2. The smallest absolute Gasteiger partial charge is 0.323 e. The van der Waals surface area contributed by atoms with Crippen molar-refractivity contribution in [2.24, 2.45) is 0 Å². The van der Waals surface area contributed by atoms with Crippen molar-refractivity contribution >= 4 is 47.0 Å². The molecule has 2 aromatic rings. The zero-order chi connectivity index (χ0) is 18.8. The Morgan fingerprint density at radius 1 is 1.54 bits per heavy atom. The summed E-state index contributed by atoms with van der Waals surface area (Å²) < 4.78 is 7.17. The van der Waals surface area contributed by atoms with E-state index in [1.165, 1.54) is 6.08 Å². The number of anilines is 1. The molecule has 0 radical (unpaired) electrons. The van der Waals surface area contributed by atoms with Gasteiger partial charge in [-0.25, -0.2) is 4.85 Å². The number of hydrogen-bond acceptors (Lipinski definition) is 6. The highest BCUT2D eigenvalue weighted by Crippen LogP contribution is 2.41. The molecule has 9 heteroatoms. The quantitative estimate of drug-likeness (QED) is 0.469. The fourth-order valence-corrected chi connectivity index (χ4v) is 3.66. The van der Waals surface area contributed by atoms with Crippen LogP contribution in [0.4, 0.5) is 11.4 Å². The summed E-state index contributed by atoms with van der Waals surface area (Å²) in [6.07, 6.45) is 1.51.